The Morgan fingerprint density at radius 3 is 2.44 bits per heavy atom. The van der Waals surface area contributed by atoms with Crippen molar-refractivity contribution in [3.05, 3.63) is 101 Å². The molecule has 0 bridgehead atoms. The average Bonchev–Trinajstić information content (AvgIpc) is 3.15. The summed E-state index contributed by atoms with van der Waals surface area (Å²) < 4.78 is 13.7. The first-order valence-corrected chi connectivity index (χ1v) is 18.8. The van der Waals surface area contributed by atoms with Crippen molar-refractivity contribution >= 4 is 28.5 Å². The first kappa shape index (κ1) is 36.2. The number of aromatic nitrogens is 2. The molecule has 10 nitrogen and oxygen atoms in total. The van der Waals surface area contributed by atoms with Crippen LogP contribution >= 0.6 is 0 Å². The van der Waals surface area contributed by atoms with E-state index in [-0.39, 0.29) is 53.8 Å². The molecule has 1 aromatic heterocycles. The van der Waals surface area contributed by atoms with Gasteiger partial charge in [0.05, 0.1) is 42.1 Å². The van der Waals surface area contributed by atoms with E-state index in [0.717, 1.165) is 41.5 Å². The summed E-state index contributed by atoms with van der Waals surface area (Å²) in [6, 6.07) is 23.0. The molecule has 0 radical (unpaired) electrons. The van der Waals surface area contributed by atoms with Gasteiger partial charge < -0.3 is 25.2 Å². The number of nitrogens with one attached hydrogen (secondary N) is 2. The fraction of sp³-hybridized carbons (Fsp3) is 0.476. The Balaban J connectivity index is 1.17. The SMILES string of the molecule is C[C@@H]1[C@H](CN2[C@@H](C(=O)NC(C)(C)C)CC[C@H]3CCCC[C@H]32)O[C@H](c2cccc(NC(=O)c3cnc4ccccc4n3)c2)O[C@@H]1c1ccc(CO)cc1. The maximum absolute atomic E-state index is 13.9. The van der Waals surface area contributed by atoms with Crippen molar-refractivity contribution < 1.29 is 24.2 Å². The fourth-order valence-corrected chi connectivity index (χ4v) is 8.29. The van der Waals surface area contributed by atoms with E-state index in [1.165, 1.54) is 25.5 Å². The molecule has 3 N–H and O–H groups in total. The third-order valence-electron chi connectivity index (χ3n) is 10.9. The Bertz CT molecular complexity index is 1880. The van der Waals surface area contributed by atoms with E-state index in [4.69, 9.17) is 9.47 Å². The second-order valence-corrected chi connectivity index (χ2v) is 15.8. The molecule has 1 aliphatic carbocycles. The van der Waals surface area contributed by atoms with Crippen molar-refractivity contribution in [1.82, 2.24) is 20.2 Å². The van der Waals surface area contributed by atoms with Gasteiger partial charge in [-0.2, -0.15) is 0 Å². The second kappa shape index (κ2) is 15.4. The third-order valence-corrected chi connectivity index (χ3v) is 10.9. The minimum atomic E-state index is -0.727. The van der Waals surface area contributed by atoms with Crippen LogP contribution in [0.25, 0.3) is 11.0 Å². The number of benzene rings is 3. The molecule has 0 spiro atoms. The standard InChI is InChI=1S/C42H51N5O5/c1-26-37(24-47-35-15-8-5-10-28(35)20-21-36(47)40(50)46-42(2,3)4)51-41(52-38(26)29-18-16-27(25-48)17-19-29)30-11-9-12-31(22-30)44-39(49)34-23-43-32-13-6-7-14-33(32)45-34/h6-7,9,11-14,16-19,22-23,26,28,35-38,41,48H,5,8,10,15,20-21,24-25H2,1-4H3,(H,44,49)(H,46,50)/t26-,28-,35-,36-,37+,38+,41+/m1/s1. The molecule has 274 valence electrons. The highest BCUT2D eigenvalue weighted by atomic mass is 16.7. The van der Waals surface area contributed by atoms with Gasteiger partial charge in [0.1, 0.15) is 5.69 Å². The van der Waals surface area contributed by atoms with Crippen LogP contribution in [-0.2, 0) is 20.9 Å². The van der Waals surface area contributed by atoms with Gasteiger partial charge in [-0.3, -0.25) is 19.5 Å². The number of amides is 2. The zero-order valence-electron chi connectivity index (χ0n) is 30.6. The number of ether oxygens (including phenoxy) is 2. The molecule has 2 amide bonds. The Morgan fingerprint density at radius 2 is 1.67 bits per heavy atom. The largest absolute Gasteiger partial charge is 0.392 e. The average molecular weight is 706 g/mol. The van der Waals surface area contributed by atoms with E-state index in [0.29, 0.717) is 29.7 Å². The smallest absolute Gasteiger partial charge is 0.275 e. The first-order chi connectivity index (χ1) is 25.1. The zero-order valence-corrected chi connectivity index (χ0v) is 30.6. The van der Waals surface area contributed by atoms with Crippen LogP contribution in [0.2, 0.25) is 0 Å². The molecular formula is C42H51N5O5. The van der Waals surface area contributed by atoms with Crippen LogP contribution in [0, 0.1) is 11.8 Å². The van der Waals surface area contributed by atoms with Gasteiger partial charge in [0.2, 0.25) is 5.91 Å². The van der Waals surface area contributed by atoms with Gasteiger partial charge >= 0.3 is 0 Å². The molecule has 0 unspecified atom stereocenters. The van der Waals surface area contributed by atoms with Crippen molar-refractivity contribution in [2.45, 2.75) is 109 Å². The van der Waals surface area contributed by atoms with E-state index in [1.807, 2.05) is 93.6 Å². The molecule has 7 rings (SSSR count). The Morgan fingerprint density at radius 1 is 0.904 bits per heavy atom. The van der Waals surface area contributed by atoms with E-state index in [1.54, 1.807) is 0 Å². The predicted molar refractivity (Wildman–Crippen MR) is 200 cm³/mol. The number of piperidine rings is 1. The normalized spacial score (nSPS) is 26.8. The van der Waals surface area contributed by atoms with Crippen molar-refractivity contribution in [3.63, 3.8) is 0 Å². The monoisotopic (exact) mass is 705 g/mol. The van der Waals surface area contributed by atoms with E-state index < -0.39 is 6.29 Å². The van der Waals surface area contributed by atoms with Gasteiger partial charge in [-0.1, -0.05) is 68.3 Å². The van der Waals surface area contributed by atoms with Crippen LogP contribution in [0.15, 0.2) is 79.0 Å². The Kier molecular flexibility index (Phi) is 10.7. The number of carbonyl (C=O) groups excluding carboxylic acids is 2. The molecule has 52 heavy (non-hydrogen) atoms. The van der Waals surface area contributed by atoms with Gasteiger partial charge in [0.15, 0.2) is 6.29 Å². The van der Waals surface area contributed by atoms with Crippen molar-refractivity contribution in [1.29, 1.82) is 0 Å². The number of likely N-dealkylation sites (tertiary alicyclic amines) is 1. The third kappa shape index (κ3) is 8.05. The molecule has 4 aromatic rings. The quantitative estimate of drug-likeness (QED) is 0.177. The highest BCUT2D eigenvalue weighted by molar-refractivity contribution is 6.03. The van der Waals surface area contributed by atoms with Gasteiger partial charge in [0, 0.05) is 35.3 Å². The van der Waals surface area contributed by atoms with Crippen LogP contribution in [-0.4, -0.2) is 62.1 Å². The molecule has 3 aliphatic rings. The lowest BCUT2D eigenvalue weighted by Crippen LogP contribution is -2.61. The van der Waals surface area contributed by atoms with Crippen LogP contribution in [0.3, 0.4) is 0 Å². The minimum absolute atomic E-state index is 0.0332. The molecule has 7 atom stereocenters. The van der Waals surface area contributed by atoms with Gasteiger partial charge in [-0.15, -0.1) is 0 Å². The molecule has 3 heterocycles. The van der Waals surface area contributed by atoms with Gasteiger partial charge in [0.25, 0.3) is 5.91 Å². The molecule has 2 aliphatic heterocycles. The molecule has 3 aromatic carbocycles. The van der Waals surface area contributed by atoms with Gasteiger partial charge in [-0.25, -0.2) is 4.98 Å². The highest BCUT2D eigenvalue weighted by Gasteiger charge is 2.46. The summed E-state index contributed by atoms with van der Waals surface area (Å²) in [7, 11) is 0. The number of hydrogen-bond acceptors (Lipinski definition) is 8. The lowest BCUT2D eigenvalue weighted by atomic mass is 9.75. The second-order valence-electron chi connectivity index (χ2n) is 15.8. The van der Waals surface area contributed by atoms with E-state index in [2.05, 4.69) is 32.4 Å². The number of nitrogens with zero attached hydrogens (tertiary/aromatic N) is 3. The number of aliphatic hydroxyl groups excluding tert-OH is 1. The number of rotatable bonds is 8. The summed E-state index contributed by atoms with van der Waals surface area (Å²) in [5, 5.41) is 16.0. The molecule has 1 saturated carbocycles. The molecule has 2 saturated heterocycles. The van der Waals surface area contributed by atoms with Crippen LogP contribution in [0.5, 0.6) is 0 Å². The van der Waals surface area contributed by atoms with Crippen LogP contribution in [0.4, 0.5) is 5.69 Å². The maximum atomic E-state index is 13.9. The summed E-state index contributed by atoms with van der Waals surface area (Å²) in [5.74, 6) is 0.262. The van der Waals surface area contributed by atoms with Crippen molar-refractivity contribution in [2.24, 2.45) is 11.8 Å². The number of carbonyl (C=O) groups is 2. The summed E-state index contributed by atoms with van der Waals surface area (Å²) in [4.78, 5) is 38.5. The highest BCUT2D eigenvalue weighted by Crippen LogP contribution is 2.44. The maximum Gasteiger partial charge on any atom is 0.275 e. The number of aliphatic hydroxyl groups is 1. The predicted octanol–water partition coefficient (Wildman–Crippen LogP) is 7.10. The number of anilines is 1. The molecule has 3 fully saturated rings. The topological polar surface area (TPSA) is 126 Å². The van der Waals surface area contributed by atoms with E-state index in [9.17, 15) is 14.7 Å². The summed E-state index contributed by atoms with van der Waals surface area (Å²) in [6.07, 6.45) is 6.79. The van der Waals surface area contributed by atoms with Crippen LogP contribution in [0.1, 0.15) is 106 Å². The minimum Gasteiger partial charge on any atom is -0.392 e. The molecular weight excluding hydrogens is 654 g/mol. The number of hydrogen-bond donors (Lipinski definition) is 3. The van der Waals surface area contributed by atoms with Gasteiger partial charge in [-0.05, 0) is 87.8 Å². The van der Waals surface area contributed by atoms with Crippen molar-refractivity contribution in [3.8, 4) is 0 Å². The summed E-state index contributed by atoms with van der Waals surface area (Å²) in [5.41, 5.74) is 4.46. The number of para-hydroxylation sites is 2. The van der Waals surface area contributed by atoms with E-state index >= 15 is 0 Å². The summed E-state index contributed by atoms with van der Waals surface area (Å²) in [6.45, 7) is 8.84. The Hall–Kier alpha value is -4.22. The Labute approximate surface area is 306 Å². The van der Waals surface area contributed by atoms with Crippen molar-refractivity contribution in [2.75, 3.05) is 11.9 Å². The fourth-order valence-electron chi connectivity index (χ4n) is 8.29. The van der Waals surface area contributed by atoms with Crippen LogP contribution < -0.4 is 10.6 Å². The molecule has 10 heteroatoms. The lowest BCUT2D eigenvalue weighted by molar-refractivity contribution is -0.278. The lowest BCUT2D eigenvalue weighted by Gasteiger charge is -2.51. The summed E-state index contributed by atoms with van der Waals surface area (Å²) >= 11 is 0. The first-order valence-electron chi connectivity index (χ1n) is 18.8. The number of fused-ring (bicyclic) bond motifs is 2. The zero-order chi connectivity index (χ0) is 36.4.